The van der Waals surface area contributed by atoms with Crippen LogP contribution in [0, 0.1) is 6.92 Å². The molecule has 0 bridgehead atoms. The molecule has 8 nitrogen and oxygen atoms in total. The topological polar surface area (TPSA) is 118 Å². The van der Waals surface area contributed by atoms with E-state index in [0.29, 0.717) is 10.7 Å². The maximum Gasteiger partial charge on any atom is 0.407 e. The summed E-state index contributed by atoms with van der Waals surface area (Å²) in [5.74, 6) is -1.35. The number of carbonyl (C=O) groups is 3. The minimum absolute atomic E-state index is 0.0331. The third kappa shape index (κ3) is 5.09. The summed E-state index contributed by atoms with van der Waals surface area (Å²) in [4.78, 5) is 40.0. The van der Waals surface area contributed by atoms with E-state index in [9.17, 15) is 14.4 Å². The quantitative estimate of drug-likeness (QED) is 0.448. The molecule has 1 aliphatic carbocycles. The number of fused-ring (bicyclic) bond motifs is 3. The van der Waals surface area contributed by atoms with Crippen molar-refractivity contribution >= 4 is 29.3 Å². The lowest BCUT2D eigenvalue weighted by atomic mass is 9.98. The fourth-order valence-electron chi connectivity index (χ4n) is 4.14. The number of thiazole rings is 1. The lowest BCUT2D eigenvalue weighted by Crippen LogP contribution is -2.37. The molecule has 0 unspecified atom stereocenters. The van der Waals surface area contributed by atoms with Crippen LogP contribution in [0.3, 0.4) is 0 Å². The van der Waals surface area contributed by atoms with E-state index in [1.54, 1.807) is 13.8 Å². The van der Waals surface area contributed by atoms with Crippen LogP contribution in [0.5, 0.6) is 0 Å². The first-order valence-corrected chi connectivity index (χ1v) is 11.7. The van der Waals surface area contributed by atoms with Gasteiger partial charge in [-0.1, -0.05) is 48.5 Å². The highest BCUT2D eigenvalue weighted by Gasteiger charge is 2.29. The van der Waals surface area contributed by atoms with Crippen molar-refractivity contribution in [3.63, 3.8) is 0 Å². The molecule has 1 heterocycles. The third-order valence-electron chi connectivity index (χ3n) is 5.67. The largest absolute Gasteiger partial charge is 0.477 e. The van der Waals surface area contributed by atoms with E-state index < -0.39 is 18.1 Å². The molecule has 1 atom stereocenters. The first-order valence-electron chi connectivity index (χ1n) is 10.9. The van der Waals surface area contributed by atoms with Gasteiger partial charge in [0, 0.05) is 18.4 Å². The highest BCUT2D eigenvalue weighted by molar-refractivity contribution is 7.13. The zero-order valence-corrected chi connectivity index (χ0v) is 19.6. The van der Waals surface area contributed by atoms with Gasteiger partial charge in [0.05, 0.1) is 12.2 Å². The molecule has 3 aromatic rings. The summed E-state index contributed by atoms with van der Waals surface area (Å²) < 4.78 is 5.51. The van der Waals surface area contributed by atoms with Crippen molar-refractivity contribution in [3.05, 3.63) is 75.2 Å². The molecule has 176 valence electrons. The highest BCUT2D eigenvalue weighted by Crippen LogP contribution is 2.44. The average Bonchev–Trinajstić information content (AvgIpc) is 3.34. The number of carbonyl (C=O) groups excluding carboxylic acids is 2. The molecular weight excluding hydrogens is 454 g/mol. The highest BCUT2D eigenvalue weighted by atomic mass is 32.1. The van der Waals surface area contributed by atoms with Crippen LogP contribution in [0.4, 0.5) is 4.79 Å². The number of alkyl carbamates (subject to hydrolysis) is 1. The summed E-state index contributed by atoms with van der Waals surface area (Å²) in [6, 6.07) is 15.8. The Kier molecular flexibility index (Phi) is 6.93. The Labute approximate surface area is 201 Å². The first-order chi connectivity index (χ1) is 16.3. The van der Waals surface area contributed by atoms with Crippen molar-refractivity contribution < 1.29 is 24.2 Å². The fourth-order valence-corrected chi connectivity index (χ4v) is 4.99. The van der Waals surface area contributed by atoms with E-state index in [1.165, 1.54) is 0 Å². The molecule has 34 heavy (non-hydrogen) atoms. The summed E-state index contributed by atoms with van der Waals surface area (Å²) in [6.07, 6.45) is -0.524. The minimum Gasteiger partial charge on any atom is -0.477 e. The molecule has 2 amide bonds. The molecule has 0 fully saturated rings. The lowest BCUT2D eigenvalue weighted by Gasteiger charge is -2.17. The Balaban J connectivity index is 1.25. The Morgan fingerprint density at radius 3 is 2.29 bits per heavy atom. The number of aryl methyl sites for hydroxylation is 1. The number of benzene rings is 2. The summed E-state index contributed by atoms with van der Waals surface area (Å²) in [5, 5.41) is 15.0. The van der Waals surface area contributed by atoms with Gasteiger partial charge in [-0.15, -0.1) is 11.3 Å². The van der Waals surface area contributed by atoms with Crippen molar-refractivity contribution in [2.45, 2.75) is 38.8 Å². The van der Waals surface area contributed by atoms with Gasteiger partial charge in [-0.2, -0.15) is 0 Å². The molecule has 1 aliphatic rings. The van der Waals surface area contributed by atoms with Crippen LogP contribution in [0.1, 0.15) is 50.8 Å². The van der Waals surface area contributed by atoms with Gasteiger partial charge in [-0.25, -0.2) is 14.6 Å². The number of nitrogens with zero attached hydrogens (tertiary/aromatic N) is 1. The zero-order valence-electron chi connectivity index (χ0n) is 18.8. The van der Waals surface area contributed by atoms with Crippen molar-refractivity contribution in [2.24, 2.45) is 0 Å². The molecular formula is C25H25N3O5S. The molecule has 0 saturated heterocycles. The van der Waals surface area contributed by atoms with Crippen molar-refractivity contribution in [1.29, 1.82) is 0 Å². The van der Waals surface area contributed by atoms with Gasteiger partial charge in [-0.05, 0) is 36.1 Å². The van der Waals surface area contributed by atoms with E-state index in [0.717, 1.165) is 33.6 Å². The van der Waals surface area contributed by atoms with Gasteiger partial charge in [0.1, 0.15) is 16.5 Å². The van der Waals surface area contributed by atoms with E-state index in [2.05, 4.69) is 39.9 Å². The number of hydrogen-bond donors (Lipinski definition) is 3. The van der Waals surface area contributed by atoms with Crippen LogP contribution >= 0.6 is 11.3 Å². The number of amides is 2. The van der Waals surface area contributed by atoms with E-state index >= 15 is 0 Å². The number of aromatic carboxylic acids is 1. The van der Waals surface area contributed by atoms with Gasteiger partial charge in [0.2, 0.25) is 5.91 Å². The van der Waals surface area contributed by atoms with Crippen LogP contribution in [0.15, 0.2) is 48.5 Å². The van der Waals surface area contributed by atoms with Gasteiger partial charge < -0.3 is 20.5 Å². The summed E-state index contributed by atoms with van der Waals surface area (Å²) in [7, 11) is 0. The Morgan fingerprint density at radius 1 is 1.09 bits per heavy atom. The molecule has 3 N–H and O–H groups in total. The van der Waals surface area contributed by atoms with Crippen molar-refractivity contribution in [2.75, 3.05) is 6.61 Å². The van der Waals surface area contributed by atoms with Crippen molar-refractivity contribution in [3.8, 4) is 11.1 Å². The maximum atomic E-state index is 12.4. The number of rotatable bonds is 8. The summed E-state index contributed by atoms with van der Waals surface area (Å²) in [6.45, 7) is 3.67. The third-order valence-corrected chi connectivity index (χ3v) is 6.82. The first kappa shape index (κ1) is 23.4. The molecule has 2 aromatic carbocycles. The molecule has 0 saturated carbocycles. The molecule has 4 rings (SSSR count). The minimum atomic E-state index is -1.03. The monoisotopic (exact) mass is 479 g/mol. The molecule has 0 spiro atoms. The molecule has 1 aromatic heterocycles. The van der Waals surface area contributed by atoms with Crippen LogP contribution in [-0.2, 0) is 16.1 Å². The van der Waals surface area contributed by atoms with Crippen LogP contribution < -0.4 is 10.6 Å². The standard InChI is InChI=1S/C25H25N3O5S/c1-14(11-21(29)26-12-22-28-15(2)23(34-22)24(30)31)27-25(32)33-13-20-18-9-5-3-7-16(18)17-8-4-6-10-19(17)20/h3-10,14,20H,11-13H2,1-2H3,(H,26,29)(H,27,32)(H,30,31)/t14-/m0/s1. The van der Waals surface area contributed by atoms with Gasteiger partial charge >= 0.3 is 12.1 Å². The Bertz CT molecular complexity index is 1190. The zero-order chi connectivity index (χ0) is 24.2. The van der Waals surface area contributed by atoms with Crippen LogP contribution in [-0.4, -0.2) is 40.7 Å². The number of aromatic nitrogens is 1. The van der Waals surface area contributed by atoms with Crippen LogP contribution in [0.2, 0.25) is 0 Å². The number of carboxylic acid groups (broad SMARTS) is 1. The van der Waals surface area contributed by atoms with Crippen LogP contribution in [0.25, 0.3) is 11.1 Å². The van der Waals surface area contributed by atoms with Gasteiger partial charge in [0.25, 0.3) is 0 Å². The Morgan fingerprint density at radius 2 is 1.71 bits per heavy atom. The average molecular weight is 480 g/mol. The van der Waals surface area contributed by atoms with E-state index in [-0.39, 0.29) is 36.3 Å². The predicted octanol–water partition coefficient (Wildman–Crippen LogP) is 4.08. The predicted molar refractivity (Wildman–Crippen MR) is 128 cm³/mol. The van der Waals surface area contributed by atoms with E-state index in [4.69, 9.17) is 9.84 Å². The molecule has 0 aliphatic heterocycles. The van der Waals surface area contributed by atoms with Gasteiger partial charge in [0.15, 0.2) is 0 Å². The SMILES string of the molecule is Cc1nc(CNC(=O)C[C@H](C)NC(=O)OCC2c3ccccc3-c3ccccc32)sc1C(=O)O. The number of nitrogens with one attached hydrogen (secondary N) is 2. The smallest absolute Gasteiger partial charge is 0.407 e. The van der Waals surface area contributed by atoms with Gasteiger partial charge in [-0.3, -0.25) is 4.79 Å². The van der Waals surface area contributed by atoms with Crippen molar-refractivity contribution in [1.82, 2.24) is 15.6 Å². The number of hydrogen-bond acceptors (Lipinski definition) is 6. The number of ether oxygens (including phenoxy) is 1. The second kappa shape index (κ2) is 10.0. The number of carboxylic acids is 1. The maximum absolute atomic E-state index is 12.4. The molecule has 9 heteroatoms. The fraction of sp³-hybridized carbons (Fsp3) is 0.280. The lowest BCUT2D eigenvalue weighted by molar-refractivity contribution is -0.121. The van der Waals surface area contributed by atoms with E-state index in [1.807, 2.05) is 24.3 Å². The Hall–Kier alpha value is -3.72. The second-order valence-electron chi connectivity index (χ2n) is 8.18. The second-order valence-corrected chi connectivity index (χ2v) is 9.26. The normalized spacial score (nSPS) is 13.0. The summed E-state index contributed by atoms with van der Waals surface area (Å²) in [5.41, 5.74) is 5.00. The summed E-state index contributed by atoms with van der Waals surface area (Å²) >= 11 is 1.03. The molecule has 0 radical (unpaired) electrons.